The summed E-state index contributed by atoms with van der Waals surface area (Å²) in [5.74, 6) is -1.03. The summed E-state index contributed by atoms with van der Waals surface area (Å²) >= 11 is 0. The Bertz CT molecular complexity index is 1240. The first-order valence-electron chi connectivity index (χ1n) is 10.1. The number of carbonyl (C=O) groups is 1. The fourth-order valence-corrected chi connectivity index (χ4v) is 5.08. The van der Waals surface area contributed by atoms with Gasteiger partial charge in [-0.05, 0) is 42.9 Å². The highest BCUT2D eigenvalue weighted by Crippen LogP contribution is 2.20. The van der Waals surface area contributed by atoms with E-state index in [-0.39, 0.29) is 11.4 Å². The highest BCUT2D eigenvalue weighted by atomic mass is 32.2. The molecule has 164 valence electrons. The molecule has 1 amide bonds. The third kappa shape index (κ3) is 4.41. The van der Waals surface area contributed by atoms with Crippen molar-refractivity contribution in [1.82, 2.24) is 13.8 Å². The Kier molecular flexibility index (Phi) is 5.94. The lowest BCUT2D eigenvalue weighted by Crippen LogP contribution is -2.48. The van der Waals surface area contributed by atoms with Gasteiger partial charge in [0.15, 0.2) is 5.58 Å². The van der Waals surface area contributed by atoms with Crippen molar-refractivity contribution in [3.63, 3.8) is 0 Å². The quantitative estimate of drug-likeness (QED) is 0.619. The van der Waals surface area contributed by atoms with Crippen LogP contribution in [0.3, 0.4) is 0 Å². The lowest BCUT2D eigenvalue weighted by molar-refractivity contribution is -0.116. The van der Waals surface area contributed by atoms with Crippen molar-refractivity contribution < 1.29 is 17.6 Å². The van der Waals surface area contributed by atoms with Crippen molar-refractivity contribution in [3.05, 3.63) is 59.1 Å². The van der Waals surface area contributed by atoms with Gasteiger partial charge in [-0.3, -0.25) is 9.36 Å². The van der Waals surface area contributed by atoms with Gasteiger partial charge in [0, 0.05) is 31.9 Å². The van der Waals surface area contributed by atoms with E-state index < -0.39 is 21.7 Å². The third-order valence-electron chi connectivity index (χ3n) is 5.43. The summed E-state index contributed by atoms with van der Waals surface area (Å²) < 4.78 is 33.6. The Morgan fingerprint density at radius 2 is 1.71 bits per heavy atom. The molecule has 0 aliphatic carbocycles. The number of nitrogens with zero attached hydrogens (tertiary/aromatic N) is 3. The number of carbonyl (C=O) groups excluding carboxylic acids is 1. The fraction of sp³-hybridized carbons (Fsp3) is 0.333. The number of hydrogen-bond donors (Lipinski definition) is 1. The number of fused-ring (bicyclic) bond motifs is 1. The zero-order valence-electron chi connectivity index (χ0n) is 17.2. The second-order valence-electron chi connectivity index (χ2n) is 7.33. The van der Waals surface area contributed by atoms with Crippen molar-refractivity contribution >= 4 is 32.7 Å². The third-order valence-corrected chi connectivity index (χ3v) is 7.34. The Hall–Kier alpha value is -2.95. The minimum atomic E-state index is -3.57. The molecule has 10 heteroatoms. The van der Waals surface area contributed by atoms with Gasteiger partial charge < -0.3 is 14.6 Å². The van der Waals surface area contributed by atoms with E-state index in [1.807, 2.05) is 0 Å². The molecule has 1 saturated heterocycles. The van der Waals surface area contributed by atoms with Crippen molar-refractivity contribution in [3.8, 4) is 0 Å². The van der Waals surface area contributed by atoms with Crippen LogP contribution in [-0.4, -0.2) is 60.8 Å². The fourth-order valence-electron chi connectivity index (χ4n) is 3.65. The first-order chi connectivity index (χ1) is 14.9. The normalized spacial score (nSPS) is 15.9. The molecule has 1 aliphatic heterocycles. The molecule has 0 bridgehead atoms. The second-order valence-corrected chi connectivity index (χ2v) is 9.27. The molecule has 0 unspecified atom stereocenters. The van der Waals surface area contributed by atoms with Gasteiger partial charge in [0.2, 0.25) is 15.9 Å². The number of benzene rings is 2. The van der Waals surface area contributed by atoms with E-state index in [1.165, 1.54) is 21.0 Å². The number of piperazine rings is 1. The van der Waals surface area contributed by atoms with Crippen molar-refractivity contribution in [2.24, 2.45) is 0 Å². The van der Waals surface area contributed by atoms with Crippen molar-refractivity contribution in [2.75, 3.05) is 38.0 Å². The van der Waals surface area contributed by atoms with Crippen LogP contribution < -0.4 is 11.1 Å². The molecule has 1 N–H and O–H groups in total. The predicted octanol–water partition coefficient (Wildman–Crippen LogP) is 1.56. The lowest BCUT2D eigenvalue weighted by Gasteiger charge is -2.33. The molecule has 1 aromatic heterocycles. The maximum Gasteiger partial charge on any atom is 0.420 e. The van der Waals surface area contributed by atoms with E-state index in [2.05, 4.69) is 17.1 Å². The summed E-state index contributed by atoms with van der Waals surface area (Å²) in [6.07, 6.45) is 0. The molecule has 2 aromatic carbocycles. The van der Waals surface area contributed by atoms with Gasteiger partial charge in [-0.2, -0.15) is 4.31 Å². The van der Waals surface area contributed by atoms with Crippen LogP contribution in [0.1, 0.15) is 6.92 Å². The number of likely N-dealkylation sites (N-methyl/N-ethyl adjacent to an activating group) is 1. The Morgan fingerprint density at radius 1 is 1.03 bits per heavy atom. The number of para-hydroxylation sites is 2. The summed E-state index contributed by atoms with van der Waals surface area (Å²) in [4.78, 5) is 26.8. The Balaban J connectivity index is 1.43. The van der Waals surface area contributed by atoms with E-state index in [4.69, 9.17) is 4.42 Å². The van der Waals surface area contributed by atoms with Crippen LogP contribution >= 0.6 is 0 Å². The molecular formula is C21H24N4O5S. The number of amides is 1. The number of oxazole rings is 1. The second kappa shape index (κ2) is 8.66. The minimum absolute atomic E-state index is 0.187. The molecule has 9 nitrogen and oxygen atoms in total. The molecule has 0 saturated carbocycles. The Morgan fingerprint density at radius 3 is 2.39 bits per heavy atom. The number of rotatable bonds is 6. The van der Waals surface area contributed by atoms with E-state index >= 15 is 0 Å². The van der Waals surface area contributed by atoms with Gasteiger partial charge in [0.25, 0.3) is 0 Å². The van der Waals surface area contributed by atoms with Crippen LogP contribution in [-0.2, 0) is 21.4 Å². The molecule has 2 heterocycles. The van der Waals surface area contributed by atoms with Gasteiger partial charge >= 0.3 is 5.76 Å². The van der Waals surface area contributed by atoms with Gasteiger partial charge in [-0.1, -0.05) is 19.1 Å². The van der Waals surface area contributed by atoms with Crippen LogP contribution in [0, 0.1) is 0 Å². The summed E-state index contributed by atoms with van der Waals surface area (Å²) in [6, 6.07) is 12.9. The molecule has 3 aromatic rings. The van der Waals surface area contributed by atoms with Crippen LogP contribution in [0.25, 0.3) is 11.1 Å². The average Bonchev–Trinajstić information content (AvgIpc) is 3.09. The minimum Gasteiger partial charge on any atom is -0.408 e. The molecule has 1 aliphatic rings. The van der Waals surface area contributed by atoms with E-state index in [1.54, 1.807) is 36.4 Å². The smallest absolute Gasteiger partial charge is 0.408 e. The summed E-state index contributed by atoms with van der Waals surface area (Å²) in [7, 11) is -3.57. The number of aromatic nitrogens is 1. The molecule has 4 rings (SSSR count). The van der Waals surface area contributed by atoms with E-state index in [9.17, 15) is 18.0 Å². The maximum absolute atomic E-state index is 12.9. The molecule has 0 atom stereocenters. The van der Waals surface area contributed by atoms with Gasteiger partial charge in [-0.15, -0.1) is 0 Å². The zero-order valence-corrected chi connectivity index (χ0v) is 18.0. The summed E-state index contributed by atoms with van der Waals surface area (Å²) in [5, 5.41) is 2.69. The maximum atomic E-state index is 12.9. The molecule has 0 spiro atoms. The number of hydrogen-bond acceptors (Lipinski definition) is 6. The summed E-state index contributed by atoms with van der Waals surface area (Å²) in [5.41, 5.74) is 1.39. The zero-order chi connectivity index (χ0) is 22.0. The highest BCUT2D eigenvalue weighted by Gasteiger charge is 2.27. The van der Waals surface area contributed by atoms with Crippen LogP contribution in [0.2, 0.25) is 0 Å². The largest absolute Gasteiger partial charge is 0.420 e. The van der Waals surface area contributed by atoms with Gasteiger partial charge in [0.05, 0.1) is 10.4 Å². The Labute approximate surface area is 179 Å². The van der Waals surface area contributed by atoms with Gasteiger partial charge in [-0.25, -0.2) is 13.2 Å². The first-order valence-corrected chi connectivity index (χ1v) is 11.5. The number of nitrogens with one attached hydrogen (secondary N) is 1. The molecule has 1 fully saturated rings. The average molecular weight is 445 g/mol. The standard InChI is InChI=1S/C21H24N4O5S/c1-2-23-11-13-24(14-12-23)31(28,29)17-9-7-16(8-10-17)22-20(26)15-25-18-5-3-4-6-19(18)30-21(25)27/h3-10H,2,11-15H2,1H3,(H,22,26). The number of anilines is 1. The molecule has 0 radical (unpaired) electrons. The lowest BCUT2D eigenvalue weighted by atomic mass is 10.3. The summed E-state index contributed by atoms with van der Waals surface area (Å²) in [6.45, 7) is 5.10. The van der Waals surface area contributed by atoms with E-state index in [0.717, 1.165) is 6.54 Å². The highest BCUT2D eigenvalue weighted by molar-refractivity contribution is 7.89. The van der Waals surface area contributed by atoms with Crippen molar-refractivity contribution in [1.29, 1.82) is 0 Å². The molecular weight excluding hydrogens is 420 g/mol. The van der Waals surface area contributed by atoms with Gasteiger partial charge in [0.1, 0.15) is 6.54 Å². The monoisotopic (exact) mass is 444 g/mol. The predicted molar refractivity (Wildman–Crippen MR) is 116 cm³/mol. The first kappa shape index (κ1) is 21.3. The van der Waals surface area contributed by atoms with E-state index in [0.29, 0.717) is 43.0 Å². The van der Waals surface area contributed by atoms with Crippen LogP contribution in [0.4, 0.5) is 5.69 Å². The SMILES string of the molecule is CCN1CCN(S(=O)(=O)c2ccc(NC(=O)Cn3c(=O)oc4ccccc43)cc2)CC1. The topological polar surface area (TPSA) is 105 Å². The van der Waals surface area contributed by atoms with Crippen molar-refractivity contribution in [2.45, 2.75) is 18.4 Å². The number of sulfonamides is 1. The van der Waals surface area contributed by atoms with Crippen LogP contribution in [0.15, 0.2) is 62.6 Å². The van der Waals surface area contributed by atoms with Crippen LogP contribution in [0.5, 0.6) is 0 Å². The molecule has 31 heavy (non-hydrogen) atoms.